The van der Waals surface area contributed by atoms with Crippen LogP contribution in [0.5, 0.6) is 0 Å². The minimum Gasteiger partial charge on any atom is -0.466 e. The van der Waals surface area contributed by atoms with E-state index in [1.165, 1.54) is 25.7 Å². The number of aliphatic hydroxyl groups is 2. The standard InChI is InChI=1S/C26H44O4/c1-5-30-24(29)11-6-16(2)20-9-10-21-19-8-7-17-14-18(27)12-13-25(17,3)22(19)15-23(28)26(20,21)4/h16-23,27-28H,5-15H2,1-4H3/t16-,17-,18-,19+,20-,21-,22+,23+,25-,26+/m1/s1. The van der Waals surface area contributed by atoms with Crippen LogP contribution in [0.4, 0.5) is 0 Å². The van der Waals surface area contributed by atoms with Gasteiger partial charge in [0.1, 0.15) is 0 Å². The van der Waals surface area contributed by atoms with Gasteiger partial charge in [0.2, 0.25) is 0 Å². The molecule has 0 aliphatic heterocycles. The molecule has 0 aromatic rings. The maximum absolute atomic E-state index is 11.9. The summed E-state index contributed by atoms with van der Waals surface area (Å²) in [4.78, 5) is 11.9. The van der Waals surface area contributed by atoms with Gasteiger partial charge in [-0.3, -0.25) is 4.79 Å². The molecule has 4 nitrogen and oxygen atoms in total. The molecule has 30 heavy (non-hydrogen) atoms. The molecule has 10 atom stereocenters. The van der Waals surface area contributed by atoms with E-state index in [0.717, 1.165) is 38.0 Å². The lowest BCUT2D eigenvalue weighted by molar-refractivity contribution is -0.175. The fraction of sp³-hybridized carbons (Fsp3) is 0.962. The predicted molar refractivity (Wildman–Crippen MR) is 118 cm³/mol. The number of ether oxygens (including phenoxy) is 1. The summed E-state index contributed by atoms with van der Waals surface area (Å²) < 4.78 is 5.14. The number of aliphatic hydroxyl groups excluding tert-OH is 2. The molecule has 172 valence electrons. The zero-order valence-electron chi connectivity index (χ0n) is 19.6. The molecule has 0 bridgehead atoms. The van der Waals surface area contributed by atoms with E-state index in [-0.39, 0.29) is 29.0 Å². The fourth-order valence-corrected chi connectivity index (χ4v) is 8.94. The van der Waals surface area contributed by atoms with E-state index in [1.54, 1.807) is 0 Å². The number of carbonyl (C=O) groups excluding carboxylic acids is 1. The number of hydrogen-bond acceptors (Lipinski definition) is 4. The van der Waals surface area contributed by atoms with Crippen molar-refractivity contribution in [1.29, 1.82) is 0 Å². The Balaban J connectivity index is 1.50. The molecular weight excluding hydrogens is 376 g/mol. The zero-order valence-corrected chi connectivity index (χ0v) is 19.6. The van der Waals surface area contributed by atoms with Gasteiger partial charge in [-0.15, -0.1) is 0 Å². The van der Waals surface area contributed by atoms with Crippen LogP contribution >= 0.6 is 0 Å². The average Bonchev–Trinajstić information content (AvgIpc) is 3.07. The van der Waals surface area contributed by atoms with Crippen molar-refractivity contribution >= 4 is 5.97 Å². The molecule has 0 heterocycles. The van der Waals surface area contributed by atoms with Gasteiger partial charge in [0.05, 0.1) is 18.8 Å². The van der Waals surface area contributed by atoms with Gasteiger partial charge in [-0.05, 0) is 111 Å². The van der Waals surface area contributed by atoms with Crippen molar-refractivity contribution < 1.29 is 19.7 Å². The Kier molecular flexibility index (Phi) is 6.31. The normalized spacial score (nSPS) is 48.9. The number of carbonyl (C=O) groups is 1. The van der Waals surface area contributed by atoms with E-state index in [0.29, 0.717) is 42.6 Å². The van der Waals surface area contributed by atoms with Crippen molar-refractivity contribution in [2.45, 2.75) is 104 Å². The Hall–Kier alpha value is -0.610. The van der Waals surface area contributed by atoms with E-state index in [1.807, 2.05) is 6.92 Å². The van der Waals surface area contributed by atoms with Crippen LogP contribution in [0, 0.1) is 46.3 Å². The highest BCUT2D eigenvalue weighted by Gasteiger charge is 2.63. The first-order chi connectivity index (χ1) is 14.2. The topological polar surface area (TPSA) is 66.8 Å². The highest BCUT2D eigenvalue weighted by Crippen LogP contribution is 2.68. The van der Waals surface area contributed by atoms with Gasteiger partial charge in [0.25, 0.3) is 0 Å². The van der Waals surface area contributed by atoms with Crippen molar-refractivity contribution in [3.8, 4) is 0 Å². The van der Waals surface area contributed by atoms with E-state index in [4.69, 9.17) is 4.74 Å². The predicted octanol–water partition coefficient (Wildman–Crippen LogP) is 4.96. The minimum absolute atomic E-state index is 0.0212. The Morgan fingerprint density at radius 1 is 1.07 bits per heavy atom. The molecule has 4 saturated carbocycles. The summed E-state index contributed by atoms with van der Waals surface area (Å²) in [5.41, 5.74) is 0.269. The molecule has 2 N–H and O–H groups in total. The molecule has 4 aliphatic rings. The largest absolute Gasteiger partial charge is 0.466 e. The van der Waals surface area contributed by atoms with Gasteiger partial charge in [-0.2, -0.15) is 0 Å². The SMILES string of the molecule is CCOC(=O)CC[C@@H](C)[C@H]1CC[C@@H]2[C@@H]3CC[C@@H]4C[C@H](O)CC[C@@]4(C)[C@H]3C[C@H](O)[C@]21C. The smallest absolute Gasteiger partial charge is 0.305 e. The first-order valence-electron chi connectivity index (χ1n) is 12.7. The van der Waals surface area contributed by atoms with Gasteiger partial charge < -0.3 is 14.9 Å². The summed E-state index contributed by atoms with van der Waals surface area (Å²) in [7, 11) is 0. The molecule has 4 heteroatoms. The second kappa shape index (κ2) is 8.39. The van der Waals surface area contributed by atoms with Gasteiger partial charge in [-0.25, -0.2) is 0 Å². The van der Waals surface area contributed by atoms with E-state index < -0.39 is 0 Å². The van der Waals surface area contributed by atoms with Gasteiger partial charge in [0.15, 0.2) is 0 Å². The fourth-order valence-electron chi connectivity index (χ4n) is 8.94. The molecule has 0 amide bonds. The van der Waals surface area contributed by atoms with Crippen molar-refractivity contribution in [2.24, 2.45) is 46.3 Å². The van der Waals surface area contributed by atoms with Crippen molar-refractivity contribution in [3.63, 3.8) is 0 Å². The van der Waals surface area contributed by atoms with Crippen molar-refractivity contribution in [2.75, 3.05) is 6.61 Å². The quantitative estimate of drug-likeness (QED) is 0.617. The Morgan fingerprint density at radius 2 is 1.83 bits per heavy atom. The molecule has 4 rings (SSSR count). The van der Waals surface area contributed by atoms with E-state index in [2.05, 4.69) is 20.8 Å². The van der Waals surface area contributed by atoms with Gasteiger partial charge in [0, 0.05) is 6.42 Å². The number of esters is 1. The van der Waals surface area contributed by atoms with Gasteiger partial charge >= 0.3 is 5.97 Å². The highest BCUT2D eigenvalue weighted by atomic mass is 16.5. The molecule has 0 unspecified atom stereocenters. The lowest BCUT2D eigenvalue weighted by Gasteiger charge is -2.62. The molecule has 0 radical (unpaired) electrons. The summed E-state index contributed by atoms with van der Waals surface area (Å²) in [6.07, 6.45) is 9.88. The third-order valence-electron chi connectivity index (χ3n) is 10.6. The summed E-state index contributed by atoms with van der Waals surface area (Å²) in [6.45, 7) is 9.45. The molecule has 0 saturated heterocycles. The molecule has 0 aromatic carbocycles. The number of hydrogen-bond donors (Lipinski definition) is 2. The molecular formula is C26H44O4. The summed E-state index contributed by atoms with van der Waals surface area (Å²) in [5.74, 6) is 3.39. The molecule has 0 aromatic heterocycles. The summed E-state index contributed by atoms with van der Waals surface area (Å²) in [5, 5.41) is 21.8. The van der Waals surface area contributed by atoms with Crippen LogP contribution in [-0.4, -0.2) is 35.0 Å². The van der Waals surface area contributed by atoms with Crippen LogP contribution in [0.25, 0.3) is 0 Å². The van der Waals surface area contributed by atoms with Crippen LogP contribution < -0.4 is 0 Å². The minimum atomic E-state index is -0.247. The van der Waals surface area contributed by atoms with E-state index in [9.17, 15) is 15.0 Å². The van der Waals surface area contributed by atoms with Crippen LogP contribution in [0.2, 0.25) is 0 Å². The second-order valence-electron chi connectivity index (χ2n) is 11.7. The Bertz CT molecular complexity index is 635. The Morgan fingerprint density at radius 3 is 2.57 bits per heavy atom. The van der Waals surface area contributed by atoms with Crippen LogP contribution in [0.3, 0.4) is 0 Å². The highest BCUT2D eigenvalue weighted by molar-refractivity contribution is 5.69. The van der Waals surface area contributed by atoms with E-state index >= 15 is 0 Å². The molecule has 4 aliphatic carbocycles. The zero-order chi connectivity index (χ0) is 21.7. The maximum atomic E-state index is 11.9. The molecule has 0 spiro atoms. The van der Waals surface area contributed by atoms with Crippen LogP contribution in [0.1, 0.15) is 91.9 Å². The number of rotatable bonds is 5. The molecule has 4 fully saturated rings. The van der Waals surface area contributed by atoms with Crippen molar-refractivity contribution in [3.05, 3.63) is 0 Å². The van der Waals surface area contributed by atoms with Crippen molar-refractivity contribution in [1.82, 2.24) is 0 Å². The lowest BCUT2D eigenvalue weighted by atomic mass is 9.43. The maximum Gasteiger partial charge on any atom is 0.305 e. The lowest BCUT2D eigenvalue weighted by Crippen LogP contribution is -2.58. The summed E-state index contributed by atoms with van der Waals surface area (Å²) >= 11 is 0. The van der Waals surface area contributed by atoms with Crippen LogP contribution in [0.15, 0.2) is 0 Å². The van der Waals surface area contributed by atoms with Gasteiger partial charge in [-0.1, -0.05) is 20.8 Å². The average molecular weight is 421 g/mol. The number of fused-ring (bicyclic) bond motifs is 5. The first-order valence-corrected chi connectivity index (χ1v) is 12.7. The third kappa shape index (κ3) is 3.54. The monoisotopic (exact) mass is 420 g/mol. The second-order valence-corrected chi connectivity index (χ2v) is 11.7. The summed E-state index contributed by atoms with van der Waals surface area (Å²) in [6, 6.07) is 0. The van der Waals surface area contributed by atoms with Crippen LogP contribution in [-0.2, 0) is 9.53 Å². The Labute approximate surface area is 183 Å². The third-order valence-corrected chi connectivity index (χ3v) is 10.6. The first kappa shape index (κ1) is 22.6.